The summed E-state index contributed by atoms with van der Waals surface area (Å²) in [6.07, 6.45) is 4.11. The van der Waals surface area contributed by atoms with Gasteiger partial charge >= 0.3 is 0 Å². The topological polar surface area (TPSA) is 12.0 Å². The van der Waals surface area contributed by atoms with Crippen LogP contribution in [-0.2, 0) is 0 Å². The second kappa shape index (κ2) is 7.00. The van der Waals surface area contributed by atoms with Crippen molar-refractivity contribution in [1.82, 2.24) is 5.32 Å². The largest absolute Gasteiger partial charge is 0.306 e. The van der Waals surface area contributed by atoms with E-state index in [0.717, 1.165) is 5.25 Å². The van der Waals surface area contributed by atoms with Gasteiger partial charge in [-0.2, -0.15) is 11.8 Å². The molecule has 1 N–H and O–H groups in total. The van der Waals surface area contributed by atoms with E-state index in [1.54, 1.807) is 0 Å². The molecule has 3 atom stereocenters. The molecule has 1 aliphatic rings. The van der Waals surface area contributed by atoms with E-state index in [1.807, 2.05) is 0 Å². The number of rotatable bonds is 5. The van der Waals surface area contributed by atoms with Gasteiger partial charge in [-0.3, -0.25) is 0 Å². The number of aryl methyl sites for hydroxylation is 3. The molecule has 0 amide bonds. The van der Waals surface area contributed by atoms with Crippen molar-refractivity contribution in [2.24, 2.45) is 0 Å². The first-order valence-electron chi connectivity index (χ1n) is 7.98. The standard InChI is InChI=1S/C18H29NS/c1-6-20-18-9-7-8-17(18)19-15(5)16-11-13(3)12(2)10-14(16)4/h10-11,15,17-19H,6-9H2,1-5H3. The van der Waals surface area contributed by atoms with Crippen molar-refractivity contribution in [1.29, 1.82) is 0 Å². The molecule has 0 aliphatic heterocycles. The molecule has 0 radical (unpaired) electrons. The summed E-state index contributed by atoms with van der Waals surface area (Å²) < 4.78 is 0. The van der Waals surface area contributed by atoms with E-state index in [0.29, 0.717) is 12.1 Å². The van der Waals surface area contributed by atoms with Gasteiger partial charge in [0, 0.05) is 17.3 Å². The monoisotopic (exact) mass is 291 g/mol. The number of hydrogen-bond acceptors (Lipinski definition) is 2. The van der Waals surface area contributed by atoms with Crippen LogP contribution in [0.4, 0.5) is 0 Å². The summed E-state index contributed by atoms with van der Waals surface area (Å²) >= 11 is 2.13. The molecule has 2 heteroatoms. The Morgan fingerprint density at radius 3 is 2.55 bits per heavy atom. The van der Waals surface area contributed by atoms with E-state index < -0.39 is 0 Å². The van der Waals surface area contributed by atoms with Gasteiger partial charge in [-0.15, -0.1) is 0 Å². The van der Waals surface area contributed by atoms with Crippen molar-refractivity contribution in [3.05, 3.63) is 34.4 Å². The van der Waals surface area contributed by atoms with E-state index in [1.165, 1.54) is 47.3 Å². The summed E-state index contributed by atoms with van der Waals surface area (Å²) in [4.78, 5) is 0. The second-order valence-electron chi connectivity index (χ2n) is 6.21. The van der Waals surface area contributed by atoms with Crippen molar-refractivity contribution in [3.8, 4) is 0 Å². The highest BCUT2D eigenvalue weighted by Crippen LogP contribution is 2.32. The highest BCUT2D eigenvalue weighted by atomic mass is 32.2. The lowest BCUT2D eigenvalue weighted by Crippen LogP contribution is -2.36. The molecule has 0 saturated heterocycles. The molecule has 1 aromatic carbocycles. The third-order valence-electron chi connectivity index (χ3n) is 4.65. The maximum Gasteiger partial charge on any atom is 0.0297 e. The zero-order valence-corrected chi connectivity index (χ0v) is 14.4. The Hall–Kier alpha value is -0.470. The molecule has 1 nitrogen and oxygen atoms in total. The summed E-state index contributed by atoms with van der Waals surface area (Å²) in [6, 6.07) is 5.85. The van der Waals surface area contributed by atoms with Crippen LogP contribution in [0.15, 0.2) is 12.1 Å². The first kappa shape index (κ1) is 15.9. The molecule has 2 rings (SSSR count). The van der Waals surface area contributed by atoms with Gasteiger partial charge in [0.15, 0.2) is 0 Å². The smallest absolute Gasteiger partial charge is 0.0297 e. The number of benzene rings is 1. The number of hydrogen-bond donors (Lipinski definition) is 1. The molecule has 1 fully saturated rings. The molecule has 0 aromatic heterocycles. The summed E-state index contributed by atoms with van der Waals surface area (Å²) in [5.74, 6) is 1.24. The Morgan fingerprint density at radius 2 is 1.85 bits per heavy atom. The van der Waals surface area contributed by atoms with E-state index in [-0.39, 0.29) is 0 Å². The fourth-order valence-electron chi connectivity index (χ4n) is 3.39. The Bertz CT molecular complexity index is 455. The van der Waals surface area contributed by atoms with Gasteiger partial charge in [0.25, 0.3) is 0 Å². The lowest BCUT2D eigenvalue weighted by atomic mass is 9.96. The van der Waals surface area contributed by atoms with Crippen LogP contribution in [0, 0.1) is 20.8 Å². The Labute approximate surface area is 128 Å². The van der Waals surface area contributed by atoms with Crippen LogP contribution in [0.2, 0.25) is 0 Å². The average molecular weight is 292 g/mol. The van der Waals surface area contributed by atoms with Gasteiger partial charge in [-0.1, -0.05) is 25.5 Å². The van der Waals surface area contributed by atoms with Crippen molar-refractivity contribution >= 4 is 11.8 Å². The molecular formula is C18H29NS. The normalized spacial score (nSPS) is 24.1. The number of thioether (sulfide) groups is 1. The van der Waals surface area contributed by atoms with Crippen molar-refractivity contribution in [2.45, 2.75) is 71.2 Å². The second-order valence-corrected chi connectivity index (χ2v) is 7.73. The van der Waals surface area contributed by atoms with Crippen LogP contribution >= 0.6 is 11.8 Å². The van der Waals surface area contributed by atoms with Gasteiger partial charge in [-0.25, -0.2) is 0 Å². The third kappa shape index (κ3) is 3.59. The van der Waals surface area contributed by atoms with E-state index in [2.05, 4.69) is 63.8 Å². The first-order chi connectivity index (χ1) is 9.52. The molecule has 3 unspecified atom stereocenters. The first-order valence-corrected chi connectivity index (χ1v) is 9.03. The molecule has 20 heavy (non-hydrogen) atoms. The summed E-state index contributed by atoms with van der Waals surface area (Å²) in [6.45, 7) is 11.3. The molecule has 0 spiro atoms. The highest BCUT2D eigenvalue weighted by molar-refractivity contribution is 7.99. The summed E-state index contributed by atoms with van der Waals surface area (Å²) in [5.41, 5.74) is 5.70. The molecular weight excluding hydrogens is 262 g/mol. The quantitative estimate of drug-likeness (QED) is 0.825. The van der Waals surface area contributed by atoms with Gasteiger partial charge in [0.2, 0.25) is 0 Å². The van der Waals surface area contributed by atoms with Crippen molar-refractivity contribution in [2.75, 3.05) is 5.75 Å². The Morgan fingerprint density at radius 1 is 1.15 bits per heavy atom. The lowest BCUT2D eigenvalue weighted by Gasteiger charge is -2.26. The SMILES string of the molecule is CCSC1CCCC1NC(C)c1cc(C)c(C)cc1C. The molecule has 0 bridgehead atoms. The van der Waals surface area contributed by atoms with E-state index in [9.17, 15) is 0 Å². The summed E-state index contributed by atoms with van der Waals surface area (Å²) in [7, 11) is 0. The zero-order valence-electron chi connectivity index (χ0n) is 13.6. The molecule has 0 heterocycles. The van der Waals surface area contributed by atoms with Gasteiger partial charge in [0.05, 0.1) is 0 Å². The third-order valence-corrected chi connectivity index (χ3v) is 5.97. The number of nitrogens with one attached hydrogen (secondary N) is 1. The molecule has 112 valence electrons. The minimum absolute atomic E-state index is 0.456. The van der Waals surface area contributed by atoms with Crippen LogP contribution in [-0.4, -0.2) is 17.0 Å². The average Bonchev–Trinajstić information content (AvgIpc) is 2.81. The minimum Gasteiger partial charge on any atom is -0.306 e. The fraction of sp³-hybridized carbons (Fsp3) is 0.667. The lowest BCUT2D eigenvalue weighted by molar-refractivity contribution is 0.466. The minimum atomic E-state index is 0.456. The van der Waals surface area contributed by atoms with Crippen molar-refractivity contribution < 1.29 is 0 Å². The zero-order chi connectivity index (χ0) is 14.7. The van der Waals surface area contributed by atoms with Crippen molar-refractivity contribution in [3.63, 3.8) is 0 Å². The van der Waals surface area contributed by atoms with Crippen LogP contribution in [0.3, 0.4) is 0 Å². The maximum atomic E-state index is 3.90. The van der Waals surface area contributed by atoms with Crippen LogP contribution in [0.1, 0.15) is 61.4 Å². The molecule has 1 aromatic rings. The van der Waals surface area contributed by atoms with Crippen LogP contribution in [0.25, 0.3) is 0 Å². The van der Waals surface area contributed by atoms with Gasteiger partial charge < -0.3 is 5.32 Å². The predicted octanol–water partition coefficient (Wildman–Crippen LogP) is 4.94. The van der Waals surface area contributed by atoms with Crippen LogP contribution < -0.4 is 5.32 Å². The van der Waals surface area contributed by atoms with E-state index in [4.69, 9.17) is 0 Å². The maximum absolute atomic E-state index is 3.90. The van der Waals surface area contributed by atoms with Gasteiger partial charge in [0.1, 0.15) is 0 Å². The Balaban J connectivity index is 2.08. The Kier molecular flexibility index (Phi) is 5.57. The summed E-state index contributed by atoms with van der Waals surface area (Å²) in [5, 5.41) is 4.71. The van der Waals surface area contributed by atoms with Crippen LogP contribution in [0.5, 0.6) is 0 Å². The molecule has 1 saturated carbocycles. The fourth-order valence-corrected chi connectivity index (χ4v) is 4.60. The highest BCUT2D eigenvalue weighted by Gasteiger charge is 2.28. The molecule has 1 aliphatic carbocycles. The van der Waals surface area contributed by atoms with Gasteiger partial charge in [-0.05, 0) is 68.5 Å². The predicted molar refractivity (Wildman–Crippen MR) is 91.8 cm³/mol. The van der Waals surface area contributed by atoms with E-state index >= 15 is 0 Å².